The second kappa shape index (κ2) is 8.47. The maximum absolute atomic E-state index is 13.3. The van der Waals surface area contributed by atoms with Crippen LogP contribution in [0.4, 0.5) is 26.6 Å². The number of nitrogen functional groups attached to an aromatic ring is 2. The number of nitrogens with zero attached hydrogens (tertiary/aromatic N) is 4. The molecule has 146 valence electrons. The maximum Gasteiger partial charge on any atom is 0.232 e. The lowest BCUT2D eigenvalue weighted by Gasteiger charge is -2.29. The minimum absolute atomic E-state index is 0.00161. The summed E-state index contributed by atoms with van der Waals surface area (Å²) in [6.07, 6.45) is 0. The molecule has 2 aromatic carbocycles. The number of halogens is 2. The van der Waals surface area contributed by atoms with Crippen molar-refractivity contribution < 1.29 is 13.5 Å². The zero-order valence-corrected chi connectivity index (χ0v) is 15.2. The zero-order valence-electron chi connectivity index (χ0n) is 15.2. The third-order valence-electron chi connectivity index (χ3n) is 4.15. The Bertz CT molecular complexity index is 900. The second-order valence-corrected chi connectivity index (χ2v) is 6.08. The fourth-order valence-electron chi connectivity index (χ4n) is 2.71. The first-order valence-electron chi connectivity index (χ1n) is 8.60. The summed E-state index contributed by atoms with van der Waals surface area (Å²) in [5.41, 5.74) is 12.3. The Morgan fingerprint density at radius 2 is 1.43 bits per heavy atom. The topological polar surface area (TPSA) is 103 Å². The van der Waals surface area contributed by atoms with Crippen LogP contribution in [-0.4, -0.2) is 28.1 Å². The van der Waals surface area contributed by atoms with Crippen LogP contribution in [0, 0.1) is 11.6 Å². The summed E-state index contributed by atoms with van der Waals surface area (Å²) in [5.74, 6) is 0.150. The first kappa shape index (κ1) is 19.3. The molecule has 28 heavy (non-hydrogen) atoms. The van der Waals surface area contributed by atoms with Crippen LogP contribution in [0.15, 0.2) is 48.5 Å². The molecule has 0 fully saturated rings. The molecule has 1 aromatic heterocycles. The fourth-order valence-corrected chi connectivity index (χ4v) is 2.71. The number of hydrogen-bond acceptors (Lipinski definition) is 7. The Balaban J connectivity index is 1.81. The van der Waals surface area contributed by atoms with Crippen LogP contribution in [-0.2, 0) is 0 Å². The highest BCUT2D eigenvalue weighted by Gasteiger charge is 2.20. The first-order chi connectivity index (χ1) is 13.4. The van der Waals surface area contributed by atoms with Gasteiger partial charge in [0.1, 0.15) is 24.0 Å². The molecule has 1 heterocycles. The molecule has 0 bridgehead atoms. The van der Waals surface area contributed by atoms with Crippen molar-refractivity contribution >= 4 is 17.8 Å². The van der Waals surface area contributed by atoms with Gasteiger partial charge in [0.2, 0.25) is 17.8 Å². The van der Waals surface area contributed by atoms with Gasteiger partial charge in [-0.15, -0.1) is 0 Å². The molecule has 0 unspecified atom stereocenters. The van der Waals surface area contributed by atoms with Crippen LogP contribution < -0.4 is 21.1 Å². The van der Waals surface area contributed by atoms with Gasteiger partial charge in [-0.2, -0.15) is 15.0 Å². The van der Waals surface area contributed by atoms with E-state index in [0.717, 1.165) is 5.56 Å². The molecule has 0 saturated heterocycles. The summed E-state index contributed by atoms with van der Waals surface area (Å²) in [5, 5.41) is 0. The van der Waals surface area contributed by atoms with Gasteiger partial charge in [-0.1, -0.05) is 12.1 Å². The van der Waals surface area contributed by atoms with Crippen LogP contribution in [0.3, 0.4) is 0 Å². The smallest absolute Gasteiger partial charge is 0.232 e. The number of anilines is 3. The van der Waals surface area contributed by atoms with E-state index in [9.17, 15) is 8.78 Å². The van der Waals surface area contributed by atoms with Gasteiger partial charge in [0.25, 0.3) is 0 Å². The van der Waals surface area contributed by atoms with Gasteiger partial charge in [-0.3, -0.25) is 0 Å². The highest BCUT2D eigenvalue weighted by atomic mass is 19.1. The van der Waals surface area contributed by atoms with E-state index >= 15 is 0 Å². The summed E-state index contributed by atoms with van der Waals surface area (Å²) in [6.45, 7) is 2.56. The van der Waals surface area contributed by atoms with Crippen LogP contribution in [0.25, 0.3) is 0 Å². The second-order valence-electron chi connectivity index (χ2n) is 6.08. The van der Waals surface area contributed by atoms with E-state index in [1.165, 1.54) is 24.3 Å². The van der Waals surface area contributed by atoms with Crippen molar-refractivity contribution in [2.24, 2.45) is 0 Å². The summed E-state index contributed by atoms with van der Waals surface area (Å²) in [7, 11) is 0. The van der Waals surface area contributed by atoms with E-state index < -0.39 is 0 Å². The average Bonchev–Trinajstić information content (AvgIpc) is 2.66. The van der Waals surface area contributed by atoms with E-state index in [4.69, 9.17) is 16.2 Å². The molecule has 9 heteroatoms. The monoisotopic (exact) mass is 386 g/mol. The summed E-state index contributed by atoms with van der Waals surface area (Å²) in [4.78, 5) is 13.9. The predicted molar refractivity (Wildman–Crippen MR) is 103 cm³/mol. The fraction of sp³-hybridized carbons (Fsp3) is 0.211. The van der Waals surface area contributed by atoms with E-state index in [1.807, 2.05) is 11.8 Å². The standard InChI is InChI=1S/C19H20F2N6O/c1-12(13-2-4-14(20)5-3-13)27(19-25-17(22)24-18(23)26-19)10-11-28-16-8-6-15(21)7-9-16/h2-9,12H,10-11H2,1H3,(H4,22,23,24,25,26)/t12-/m0/s1. The van der Waals surface area contributed by atoms with Crippen molar-refractivity contribution in [1.29, 1.82) is 0 Å². The minimum atomic E-state index is -0.338. The molecule has 3 rings (SSSR count). The van der Waals surface area contributed by atoms with Gasteiger partial charge in [0, 0.05) is 0 Å². The summed E-state index contributed by atoms with van der Waals surface area (Å²) < 4.78 is 32.0. The predicted octanol–water partition coefficient (Wildman–Crippen LogP) is 2.96. The highest BCUT2D eigenvalue weighted by molar-refractivity contribution is 5.42. The number of aromatic nitrogens is 3. The number of benzene rings is 2. The minimum Gasteiger partial charge on any atom is -0.492 e. The number of rotatable bonds is 7. The summed E-state index contributed by atoms with van der Waals surface area (Å²) in [6, 6.07) is 11.6. The molecule has 3 aromatic rings. The molecule has 0 amide bonds. The Labute approximate surface area is 161 Å². The van der Waals surface area contributed by atoms with E-state index in [-0.39, 0.29) is 42.1 Å². The van der Waals surface area contributed by atoms with Gasteiger partial charge in [0.05, 0.1) is 12.6 Å². The zero-order chi connectivity index (χ0) is 20.1. The molecule has 0 aliphatic heterocycles. The molecule has 1 atom stereocenters. The van der Waals surface area contributed by atoms with Crippen LogP contribution in [0.1, 0.15) is 18.5 Å². The van der Waals surface area contributed by atoms with E-state index in [0.29, 0.717) is 12.3 Å². The third-order valence-corrected chi connectivity index (χ3v) is 4.15. The quantitative estimate of drug-likeness (QED) is 0.643. The van der Waals surface area contributed by atoms with Crippen LogP contribution in [0.5, 0.6) is 5.75 Å². The van der Waals surface area contributed by atoms with Gasteiger partial charge in [-0.25, -0.2) is 8.78 Å². The molecular formula is C19H20F2N6O. The molecule has 0 spiro atoms. The van der Waals surface area contributed by atoms with Crippen molar-refractivity contribution in [1.82, 2.24) is 15.0 Å². The molecule has 4 N–H and O–H groups in total. The molecule has 0 aliphatic rings. The lowest BCUT2D eigenvalue weighted by atomic mass is 10.1. The number of hydrogen-bond donors (Lipinski definition) is 2. The SMILES string of the molecule is C[C@@H](c1ccc(F)cc1)N(CCOc1ccc(F)cc1)c1nc(N)nc(N)n1. The van der Waals surface area contributed by atoms with Crippen LogP contribution >= 0.6 is 0 Å². The van der Waals surface area contributed by atoms with Crippen molar-refractivity contribution in [2.75, 3.05) is 29.5 Å². The normalized spacial score (nSPS) is 11.8. The maximum atomic E-state index is 13.3. The largest absolute Gasteiger partial charge is 0.492 e. The van der Waals surface area contributed by atoms with E-state index in [2.05, 4.69) is 15.0 Å². The van der Waals surface area contributed by atoms with Crippen molar-refractivity contribution in [3.05, 3.63) is 65.7 Å². The molecular weight excluding hydrogens is 366 g/mol. The Kier molecular flexibility index (Phi) is 5.83. The Hall–Kier alpha value is -3.49. The van der Waals surface area contributed by atoms with Crippen molar-refractivity contribution in [2.45, 2.75) is 13.0 Å². The first-order valence-corrected chi connectivity index (χ1v) is 8.60. The Morgan fingerprint density at radius 1 is 0.893 bits per heavy atom. The van der Waals surface area contributed by atoms with Crippen molar-refractivity contribution in [3.8, 4) is 5.75 Å². The molecule has 7 nitrogen and oxygen atoms in total. The molecule has 0 radical (unpaired) electrons. The van der Waals surface area contributed by atoms with Gasteiger partial charge in [0.15, 0.2) is 0 Å². The van der Waals surface area contributed by atoms with E-state index in [1.54, 1.807) is 24.3 Å². The lowest BCUT2D eigenvalue weighted by molar-refractivity contribution is 0.318. The van der Waals surface area contributed by atoms with Gasteiger partial charge >= 0.3 is 0 Å². The van der Waals surface area contributed by atoms with Crippen molar-refractivity contribution in [3.63, 3.8) is 0 Å². The lowest BCUT2D eigenvalue weighted by Crippen LogP contribution is -2.33. The molecule has 0 saturated carbocycles. The van der Waals surface area contributed by atoms with Crippen LogP contribution in [0.2, 0.25) is 0 Å². The number of nitrogens with two attached hydrogens (primary N) is 2. The number of ether oxygens (including phenoxy) is 1. The average molecular weight is 386 g/mol. The van der Waals surface area contributed by atoms with Gasteiger partial charge in [-0.05, 0) is 48.9 Å². The Morgan fingerprint density at radius 3 is 2.00 bits per heavy atom. The third kappa shape index (κ3) is 4.81. The van der Waals surface area contributed by atoms with Gasteiger partial charge < -0.3 is 21.1 Å². The highest BCUT2D eigenvalue weighted by Crippen LogP contribution is 2.25. The molecule has 0 aliphatic carbocycles. The summed E-state index contributed by atoms with van der Waals surface area (Å²) >= 11 is 0.